The first-order chi connectivity index (χ1) is 8.63. The van der Waals surface area contributed by atoms with E-state index in [9.17, 15) is 9.59 Å². The first-order valence-electron chi connectivity index (χ1n) is 5.67. The summed E-state index contributed by atoms with van der Waals surface area (Å²) in [6.07, 6.45) is 0.404. The SMILES string of the molecule is CC(=O)N[C@@H](Cc1ccccc1)C(=O)OCCCl. The van der Waals surface area contributed by atoms with Crippen molar-refractivity contribution in [3.8, 4) is 0 Å². The molecule has 1 aromatic rings. The lowest BCUT2D eigenvalue weighted by atomic mass is 10.1. The van der Waals surface area contributed by atoms with Crippen molar-refractivity contribution >= 4 is 23.5 Å². The number of esters is 1. The fraction of sp³-hybridized carbons (Fsp3) is 0.385. The molecule has 0 unspecified atom stereocenters. The standard InChI is InChI=1S/C13H16ClNO3/c1-10(16)15-12(13(17)18-8-7-14)9-11-5-3-2-4-6-11/h2-6,12H,7-9H2,1H3,(H,15,16)/t12-/m0/s1. The van der Waals surface area contributed by atoms with Gasteiger partial charge >= 0.3 is 5.97 Å². The number of carbonyl (C=O) groups excluding carboxylic acids is 2. The number of rotatable bonds is 6. The normalized spacial score (nSPS) is 11.7. The summed E-state index contributed by atoms with van der Waals surface area (Å²) in [7, 11) is 0. The summed E-state index contributed by atoms with van der Waals surface area (Å²) >= 11 is 5.45. The topological polar surface area (TPSA) is 55.4 Å². The van der Waals surface area contributed by atoms with Crippen LogP contribution in [0.25, 0.3) is 0 Å². The molecule has 0 aliphatic rings. The van der Waals surface area contributed by atoms with Crippen LogP contribution in [0.1, 0.15) is 12.5 Å². The van der Waals surface area contributed by atoms with E-state index in [4.69, 9.17) is 16.3 Å². The molecule has 1 atom stereocenters. The molecule has 0 bridgehead atoms. The number of amides is 1. The molecule has 18 heavy (non-hydrogen) atoms. The van der Waals surface area contributed by atoms with Crippen LogP contribution in [0.15, 0.2) is 30.3 Å². The van der Waals surface area contributed by atoms with Crippen LogP contribution in [0.4, 0.5) is 0 Å². The number of alkyl halides is 1. The van der Waals surface area contributed by atoms with Crippen LogP contribution in [-0.2, 0) is 20.7 Å². The maximum absolute atomic E-state index is 11.7. The Morgan fingerprint density at radius 3 is 2.56 bits per heavy atom. The number of nitrogens with one attached hydrogen (secondary N) is 1. The van der Waals surface area contributed by atoms with Gasteiger partial charge in [0.1, 0.15) is 12.6 Å². The molecule has 1 N–H and O–H groups in total. The molecule has 0 aromatic heterocycles. The minimum atomic E-state index is -0.673. The van der Waals surface area contributed by atoms with Crippen LogP contribution in [0, 0.1) is 0 Å². The highest BCUT2D eigenvalue weighted by molar-refractivity contribution is 6.18. The average Bonchev–Trinajstić information content (AvgIpc) is 2.36. The van der Waals surface area contributed by atoms with Crippen molar-refractivity contribution in [3.63, 3.8) is 0 Å². The molecule has 0 heterocycles. The van der Waals surface area contributed by atoms with Crippen molar-refractivity contribution in [2.45, 2.75) is 19.4 Å². The Morgan fingerprint density at radius 2 is 2.00 bits per heavy atom. The van der Waals surface area contributed by atoms with Crippen LogP contribution >= 0.6 is 11.6 Å². The zero-order chi connectivity index (χ0) is 13.4. The minimum Gasteiger partial charge on any atom is -0.463 e. The number of ether oxygens (including phenoxy) is 1. The number of hydrogen-bond donors (Lipinski definition) is 1. The van der Waals surface area contributed by atoms with Gasteiger partial charge in [-0.15, -0.1) is 11.6 Å². The van der Waals surface area contributed by atoms with Gasteiger partial charge in [0.2, 0.25) is 5.91 Å². The van der Waals surface area contributed by atoms with Gasteiger partial charge in [-0.05, 0) is 5.56 Å². The van der Waals surface area contributed by atoms with Crippen molar-refractivity contribution in [1.29, 1.82) is 0 Å². The van der Waals surface area contributed by atoms with E-state index in [1.54, 1.807) is 0 Å². The molecule has 4 nitrogen and oxygen atoms in total. The Balaban J connectivity index is 2.66. The first-order valence-corrected chi connectivity index (χ1v) is 6.20. The van der Waals surface area contributed by atoms with E-state index in [1.165, 1.54) is 6.92 Å². The van der Waals surface area contributed by atoms with E-state index in [1.807, 2.05) is 30.3 Å². The second-order valence-corrected chi connectivity index (χ2v) is 4.18. The Bertz CT molecular complexity index is 394. The molecule has 1 amide bonds. The highest BCUT2D eigenvalue weighted by Gasteiger charge is 2.21. The molecule has 5 heteroatoms. The summed E-state index contributed by atoms with van der Waals surface area (Å²) < 4.78 is 4.94. The molecule has 0 spiro atoms. The summed E-state index contributed by atoms with van der Waals surface area (Å²) in [6, 6.07) is 8.76. The number of carbonyl (C=O) groups is 2. The summed E-state index contributed by atoms with van der Waals surface area (Å²) in [5.41, 5.74) is 0.957. The van der Waals surface area contributed by atoms with Gasteiger partial charge < -0.3 is 10.1 Å². The van der Waals surface area contributed by atoms with Crippen molar-refractivity contribution < 1.29 is 14.3 Å². The van der Waals surface area contributed by atoms with Crippen LogP contribution in [0.2, 0.25) is 0 Å². The molecule has 1 aromatic carbocycles. The Morgan fingerprint density at radius 1 is 1.33 bits per heavy atom. The minimum absolute atomic E-state index is 0.144. The monoisotopic (exact) mass is 269 g/mol. The Hall–Kier alpha value is -1.55. The zero-order valence-electron chi connectivity index (χ0n) is 10.2. The molecular weight excluding hydrogens is 254 g/mol. The Kier molecular flexibility index (Phi) is 6.22. The molecule has 0 fully saturated rings. The lowest BCUT2D eigenvalue weighted by molar-refractivity contribution is -0.147. The van der Waals surface area contributed by atoms with E-state index in [2.05, 4.69) is 5.32 Å². The van der Waals surface area contributed by atoms with Gasteiger partial charge in [-0.2, -0.15) is 0 Å². The largest absolute Gasteiger partial charge is 0.463 e. The molecule has 98 valence electrons. The molecule has 0 radical (unpaired) electrons. The van der Waals surface area contributed by atoms with Crippen molar-refractivity contribution in [2.75, 3.05) is 12.5 Å². The molecule has 0 saturated heterocycles. The van der Waals surface area contributed by atoms with Gasteiger partial charge in [0.25, 0.3) is 0 Å². The Labute approximate surface area is 111 Å². The zero-order valence-corrected chi connectivity index (χ0v) is 10.9. The number of halogens is 1. The van der Waals surface area contributed by atoms with E-state index in [0.29, 0.717) is 6.42 Å². The van der Waals surface area contributed by atoms with Gasteiger partial charge in [0.15, 0.2) is 0 Å². The summed E-state index contributed by atoms with van der Waals surface area (Å²) in [5, 5.41) is 2.58. The fourth-order valence-corrected chi connectivity index (χ4v) is 1.61. The smallest absolute Gasteiger partial charge is 0.329 e. The predicted octanol–water partition coefficient (Wildman–Crippen LogP) is 1.52. The van der Waals surface area contributed by atoms with Gasteiger partial charge in [0.05, 0.1) is 5.88 Å². The number of benzene rings is 1. The van der Waals surface area contributed by atoms with Gasteiger partial charge in [-0.1, -0.05) is 30.3 Å². The first kappa shape index (κ1) is 14.5. The van der Waals surface area contributed by atoms with Gasteiger partial charge in [0, 0.05) is 13.3 Å². The van der Waals surface area contributed by atoms with Crippen LogP contribution < -0.4 is 5.32 Å². The maximum atomic E-state index is 11.7. The third kappa shape index (κ3) is 5.19. The number of hydrogen-bond acceptors (Lipinski definition) is 3. The highest BCUT2D eigenvalue weighted by Crippen LogP contribution is 2.05. The van der Waals surface area contributed by atoms with Gasteiger partial charge in [-0.25, -0.2) is 4.79 Å². The van der Waals surface area contributed by atoms with Crippen LogP contribution in [0.3, 0.4) is 0 Å². The molecule has 0 aliphatic heterocycles. The summed E-state index contributed by atoms with van der Waals surface area (Å²) in [5.74, 6) is -0.488. The second kappa shape index (κ2) is 7.71. The third-order valence-corrected chi connectivity index (χ3v) is 2.42. The third-order valence-electron chi connectivity index (χ3n) is 2.27. The van der Waals surface area contributed by atoms with E-state index in [-0.39, 0.29) is 18.4 Å². The lowest BCUT2D eigenvalue weighted by Gasteiger charge is -2.16. The quantitative estimate of drug-likeness (QED) is 0.629. The summed E-state index contributed by atoms with van der Waals surface area (Å²) in [6.45, 7) is 1.51. The van der Waals surface area contributed by atoms with Crippen molar-refractivity contribution in [2.24, 2.45) is 0 Å². The molecule has 0 saturated carbocycles. The van der Waals surface area contributed by atoms with E-state index < -0.39 is 12.0 Å². The summed E-state index contributed by atoms with van der Waals surface area (Å²) in [4.78, 5) is 22.8. The van der Waals surface area contributed by atoms with Crippen molar-refractivity contribution in [1.82, 2.24) is 5.32 Å². The van der Waals surface area contributed by atoms with Crippen LogP contribution in [-0.4, -0.2) is 30.4 Å². The molecule has 0 aliphatic carbocycles. The predicted molar refractivity (Wildman–Crippen MR) is 69.4 cm³/mol. The molecule has 1 rings (SSSR count). The van der Waals surface area contributed by atoms with Gasteiger partial charge in [-0.3, -0.25) is 4.79 Å². The highest BCUT2D eigenvalue weighted by atomic mass is 35.5. The molecular formula is C13H16ClNO3. The van der Waals surface area contributed by atoms with Crippen LogP contribution in [0.5, 0.6) is 0 Å². The van der Waals surface area contributed by atoms with E-state index in [0.717, 1.165) is 5.56 Å². The second-order valence-electron chi connectivity index (χ2n) is 3.80. The lowest BCUT2D eigenvalue weighted by Crippen LogP contribution is -2.42. The average molecular weight is 270 g/mol. The van der Waals surface area contributed by atoms with E-state index >= 15 is 0 Å². The van der Waals surface area contributed by atoms with Crippen molar-refractivity contribution in [3.05, 3.63) is 35.9 Å². The maximum Gasteiger partial charge on any atom is 0.329 e. The fourth-order valence-electron chi connectivity index (χ4n) is 1.53.